The zero-order chi connectivity index (χ0) is 8.55. The van der Waals surface area contributed by atoms with Gasteiger partial charge in [-0.05, 0) is 22.0 Å². The second kappa shape index (κ2) is 2.67. The summed E-state index contributed by atoms with van der Waals surface area (Å²) in [7, 11) is 0. The van der Waals surface area contributed by atoms with E-state index in [1.54, 1.807) is 16.7 Å². The molecule has 60 valence electrons. The first kappa shape index (κ1) is 7.42. The van der Waals surface area contributed by atoms with Crippen LogP contribution in [0.15, 0.2) is 23.1 Å². The predicted octanol–water partition coefficient (Wildman–Crippen LogP) is 1.30. The Morgan fingerprint density at radius 1 is 1.58 bits per heavy atom. The topological polar surface area (TPSA) is 47.3 Å². The molecule has 0 aromatic carbocycles. The van der Waals surface area contributed by atoms with Gasteiger partial charge in [-0.2, -0.15) is 0 Å². The number of halogens is 1. The Hall–Kier alpha value is -1.23. The van der Waals surface area contributed by atoms with E-state index in [9.17, 15) is 4.79 Å². The molecule has 0 N–H and O–H groups in total. The van der Waals surface area contributed by atoms with Crippen LogP contribution in [0.25, 0.3) is 5.78 Å². The molecular formula is C7H4BrN3O. The van der Waals surface area contributed by atoms with E-state index in [0.29, 0.717) is 16.1 Å². The zero-order valence-electron chi connectivity index (χ0n) is 5.94. The van der Waals surface area contributed by atoms with E-state index >= 15 is 0 Å². The second-order valence-corrected chi connectivity index (χ2v) is 3.03. The number of carbonyl (C=O) groups excluding carboxylic acids is 1. The summed E-state index contributed by atoms with van der Waals surface area (Å²) in [6, 6.07) is 1.75. The van der Waals surface area contributed by atoms with Crippen LogP contribution in [0, 0.1) is 0 Å². The van der Waals surface area contributed by atoms with E-state index in [4.69, 9.17) is 0 Å². The maximum atomic E-state index is 10.5. The van der Waals surface area contributed by atoms with Crippen LogP contribution in [-0.2, 0) is 0 Å². The normalized spacial score (nSPS) is 10.4. The van der Waals surface area contributed by atoms with E-state index in [2.05, 4.69) is 25.9 Å². The Kier molecular flexibility index (Phi) is 1.65. The molecule has 2 rings (SSSR count). The van der Waals surface area contributed by atoms with Crippen molar-refractivity contribution in [2.75, 3.05) is 0 Å². The summed E-state index contributed by atoms with van der Waals surface area (Å²) in [6.07, 6.45) is 3.97. The summed E-state index contributed by atoms with van der Waals surface area (Å²) in [4.78, 5) is 18.5. The van der Waals surface area contributed by atoms with Crippen LogP contribution in [0.2, 0.25) is 0 Å². The fraction of sp³-hybridized carbons (Fsp3) is 0. The van der Waals surface area contributed by atoms with Crippen molar-refractivity contribution in [1.29, 1.82) is 0 Å². The highest BCUT2D eigenvalue weighted by Crippen LogP contribution is 2.08. The molecule has 0 saturated carbocycles. The van der Waals surface area contributed by atoms with Gasteiger partial charge in [-0.3, -0.25) is 9.20 Å². The Morgan fingerprint density at radius 3 is 3.17 bits per heavy atom. The van der Waals surface area contributed by atoms with Crippen molar-refractivity contribution < 1.29 is 4.79 Å². The molecule has 0 aliphatic rings. The van der Waals surface area contributed by atoms with Gasteiger partial charge in [-0.25, -0.2) is 9.97 Å². The zero-order valence-corrected chi connectivity index (χ0v) is 7.52. The fourth-order valence-electron chi connectivity index (χ4n) is 0.955. The van der Waals surface area contributed by atoms with Crippen molar-refractivity contribution in [2.45, 2.75) is 0 Å². The standard InChI is InChI=1S/C7H4BrN3O/c8-6-1-2-11-5(4-12)3-9-7(11)10-6/h1-4H. The predicted molar refractivity (Wildman–Crippen MR) is 46.1 cm³/mol. The SMILES string of the molecule is O=Cc1cnc2nc(Br)ccn12. The largest absolute Gasteiger partial charge is 0.296 e. The lowest BCUT2D eigenvalue weighted by atomic mass is 10.5. The monoisotopic (exact) mass is 225 g/mol. The highest BCUT2D eigenvalue weighted by atomic mass is 79.9. The molecule has 2 heterocycles. The maximum absolute atomic E-state index is 10.5. The Morgan fingerprint density at radius 2 is 2.42 bits per heavy atom. The summed E-state index contributed by atoms with van der Waals surface area (Å²) >= 11 is 3.21. The number of hydrogen-bond acceptors (Lipinski definition) is 3. The van der Waals surface area contributed by atoms with Crippen LogP contribution < -0.4 is 0 Å². The molecular weight excluding hydrogens is 222 g/mol. The van der Waals surface area contributed by atoms with E-state index in [0.717, 1.165) is 6.29 Å². The highest BCUT2D eigenvalue weighted by molar-refractivity contribution is 9.10. The van der Waals surface area contributed by atoms with Gasteiger partial charge < -0.3 is 0 Å². The van der Waals surface area contributed by atoms with Crippen molar-refractivity contribution in [3.63, 3.8) is 0 Å². The molecule has 4 nitrogen and oxygen atoms in total. The summed E-state index contributed by atoms with van der Waals surface area (Å²) in [6.45, 7) is 0. The van der Waals surface area contributed by atoms with Crippen LogP contribution in [-0.4, -0.2) is 20.7 Å². The Labute approximate surface area is 76.4 Å². The van der Waals surface area contributed by atoms with E-state index in [1.807, 2.05) is 0 Å². The number of imidazole rings is 1. The maximum Gasteiger partial charge on any atom is 0.235 e. The molecule has 0 saturated heterocycles. The molecule has 0 radical (unpaired) electrons. The summed E-state index contributed by atoms with van der Waals surface area (Å²) in [5.74, 6) is 0.520. The summed E-state index contributed by atoms with van der Waals surface area (Å²) in [5.41, 5.74) is 0.505. The number of fused-ring (bicyclic) bond motifs is 1. The number of aldehydes is 1. The lowest BCUT2D eigenvalue weighted by Gasteiger charge is -1.93. The first-order valence-electron chi connectivity index (χ1n) is 3.26. The number of rotatable bonds is 1. The summed E-state index contributed by atoms with van der Waals surface area (Å²) < 4.78 is 2.33. The lowest BCUT2D eigenvalue weighted by Crippen LogP contribution is -1.92. The summed E-state index contributed by atoms with van der Waals surface area (Å²) in [5, 5.41) is 0. The van der Waals surface area contributed by atoms with Gasteiger partial charge >= 0.3 is 0 Å². The Balaban J connectivity index is 2.81. The molecule has 0 atom stereocenters. The van der Waals surface area contributed by atoms with Gasteiger partial charge in [-0.15, -0.1) is 0 Å². The van der Waals surface area contributed by atoms with Gasteiger partial charge in [0.1, 0.15) is 10.3 Å². The van der Waals surface area contributed by atoms with Crippen molar-refractivity contribution in [2.24, 2.45) is 0 Å². The number of carbonyl (C=O) groups is 1. The van der Waals surface area contributed by atoms with Crippen LogP contribution in [0.4, 0.5) is 0 Å². The molecule has 0 amide bonds. The van der Waals surface area contributed by atoms with Crippen molar-refractivity contribution in [3.8, 4) is 0 Å². The van der Waals surface area contributed by atoms with Crippen LogP contribution in [0.1, 0.15) is 10.5 Å². The quantitative estimate of drug-likeness (QED) is 0.543. The van der Waals surface area contributed by atoms with Crippen molar-refractivity contribution >= 4 is 28.0 Å². The number of aromatic nitrogens is 3. The molecule has 5 heteroatoms. The molecule has 0 fully saturated rings. The molecule has 0 bridgehead atoms. The molecule has 2 aromatic rings. The number of nitrogens with zero attached hydrogens (tertiary/aromatic N) is 3. The van der Waals surface area contributed by atoms with Crippen LogP contribution in [0.5, 0.6) is 0 Å². The van der Waals surface area contributed by atoms with Gasteiger partial charge in [0, 0.05) is 6.20 Å². The molecule has 2 aromatic heterocycles. The van der Waals surface area contributed by atoms with Crippen molar-refractivity contribution in [3.05, 3.63) is 28.8 Å². The first-order chi connectivity index (χ1) is 5.81. The molecule has 12 heavy (non-hydrogen) atoms. The fourth-order valence-corrected chi connectivity index (χ4v) is 1.23. The lowest BCUT2D eigenvalue weighted by molar-refractivity contribution is 0.111. The van der Waals surface area contributed by atoms with Crippen molar-refractivity contribution in [1.82, 2.24) is 14.4 Å². The average Bonchev–Trinajstić information content (AvgIpc) is 2.46. The third kappa shape index (κ3) is 1.02. The third-order valence-electron chi connectivity index (χ3n) is 1.49. The van der Waals surface area contributed by atoms with E-state index in [-0.39, 0.29) is 0 Å². The Bertz CT molecular complexity index is 437. The molecule has 0 aliphatic carbocycles. The second-order valence-electron chi connectivity index (χ2n) is 2.22. The average molecular weight is 226 g/mol. The van der Waals surface area contributed by atoms with Crippen LogP contribution in [0.3, 0.4) is 0 Å². The first-order valence-corrected chi connectivity index (χ1v) is 4.05. The van der Waals surface area contributed by atoms with E-state index < -0.39 is 0 Å². The van der Waals surface area contributed by atoms with E-state index in [1.165, 1.54) is 6.20 Å². The molecule has 0 unspecified atom stereocenters. The van der Waals surface area contributed by atoms with Gasteiger partial charge in [0.05, 0.1) is 6.20 Å². The van der Waals surface area contributed by atoms with Gasteiger partial charge in [-0.1, -0.05) is 0 Å². The molecule has 0 spiro atoms. The highest BCUT2D eigenvalue weighted by Gasteiger charge is 2.01. The van der Waals surface area contributed by atoms with Gasteiger partial charge in [0.2, 0.25) is 5.78 Å². The van der Waals surface area contributed by atoms with Gasteiger partial charge in [0.25, 0.3) is 0 Å². The minimum atomic E-state index is 0.505. The minimum Gasteiger partial charge on any atom is -0.296 e. The molecule has 0 aliphatic heterocycles. The van der Waals surface area contributed by atoms with Crippen LogP contribution >= 0.6 is 15.9 Å². The third-order valence-corrected chi connectivity index (χ3v) is 1.94. The smallest absolute Gasteiger partial charge is 0.235 e. The minimum absolute atomic E-state index is 0.505. The van der Waals surface area contributed by atoms with Gasteiger partial charge in [0.15, 0.2) is 6.29 Å². The number of hydrogen-bond donors (Lipinski definition) is 0.